The molecule has 0 saturated carbocycles. The lowest BCUT2D eigenvalue weighted by Gasteiger charge is -2.30. The zero-order valence-electron chi connectivity index (χ0n) is 9.21. The SMILES string of the molecule is CC(C)(CO)[C@H](N)c1cc(Br)ccc1Cl.Cl. The van der Waals surface area contributed by atoms with Gasteiger partial charge in [0.25, 0.3) is 0 Å². The van der Waals surface area contributed by atoms with Crippen LogP contribution in [-0.4, -0.2) is 11.7 Å². The number of aliphatic hydroxyl groups excluding tert-OH is 1. The maximum Gasteiger partial charge on any atom is 0.0500 e. The molecule has 2 nitrogen and oxygen atoms in total. The highest BCUT2D eigenvalue weighted by Crippen LogP contribution is 2.35. The fourth-order valence-electron chi connectivity index (χ4n) is 1.27. The van der Waals surface area contributed by atoms with E-state index in [4.69, 9.17) is 17.3 Å². The molecule has 92 valence electrons. The summed E-state index contributed by atoms with van der Waals surface area (Å²) < 4.78 is 0.936. The van der Waals surface area contributed by atoms with Gasteiger partial charge in [-0.3, -0.25) is 0 Å². The van der Waals surface area contributed by atoms with Crippen LogP contribution >= 0.6 is 39.9 Å². The highest BCUT2D eigenvalue weighted by molar-refractivity contribution is 9.10. The fourth-order valence-corrected chi connectivity index (χ4v) is 1.89. The van der Waals surface area contributed by atoms with Crippen LogP contribution in [0.3, 0.4) is 0 Å². The maximum atomic E-state index is 9.25. The van der Waals surface area contributed by atoms with Crippen LogP contribution in [0.1, 0.15) is 25.5 Å². The van der Waals surface area contributed by atoms with Gasteiger partial charge in [-0.25, -0.2) is 0 Å². The minimum atomic E-state index is -0.384. The first kappa shape index (κ1) is 16.2. The summed E-state index contributed by atoms with van der Waals surface area (Å²) in [7, 11) is 0. The van der Waals surface area contributed by atoms with Crippen LogP contribution in [0.25, 0.3) is 0 Å². The first-order valence-corrected chi connectivity index (χ1v) is 5.87. The van der Waals surface area contributed by atoms with E-state index in [1.54, 1.807) is 6.07 Å². The molecule has 3 N–H and O–H groups in total. The lowest BCUT2D eigenvalue weighted by Crippen LogP contribution is -2.32. The second kappa shape index (κ2) is 6.22. The molecule has 16 heavy (non-hydrogen) atoms. The normalized spacial score (nSPS) is 13.1. The molecule has 0 unspecified atom stereocenters. The molecule has 0 amide bonds. The van der Waals surface area contributed by atoms with Gasteiger partial charge in [-0.15, -0.1) is 12.4 Å². The van der Waals surface area contributed by atoms with Crippen LogP contribution in [0.15, 0.2) is 22.7 Å². The number of hydrogen-bond acceptors (Lipinski definition) is 2. The number of rotatable bonds is 3. The Morgan fingerprint density at radius 1 is 1.50 bits per heavy atom. The Hall–Kier alpha value is 0.200. The lowest BCUT2D eigenvalue weighted by molar-refractivity contribution is 0.132. The summed E-state index contributed by atoms with van der Waals surface area (Å²) in [6, 6.07) is 5.27. The number of halogens is 3. The minimum absolute atomic E-state index is 0. The highest BCUT2D eigenvalue weighted by Gasteiger charge is 2.28. The fraction of sp³-hybridized carbons (Fsp3) is 0.455. The van der Waals surface area contributed by atoms with Gasteiger partial charge >= 0.3 is 0 Å². The quantitative estimate of drug-likeness (QED) is 0.891. The molecule has 1 aromatic rings. The van der Waals surface area contributed by atoms with Crippen molar-refractivity contribution >= 4 is 39.9 Å². The number of hydrogen-bond donors (Lipinski definition) is 2. The lowest BCUT2D eigenvalue weighted by atomic mass is 9.82. The topological polar surface area (TPSA) is 46.2 Å². The molecular formula is C11H16BrCl2NO. The Morgan fingerprint density at radius 2 is 2.06 bits per heavy atom. The van der Waals surface area contributed by atoms with Gasteiger partial charge in [0.1, 0.15) is 0 Å². The van der Waals surface area contributed by atoms with Gasteiger partial charge in [0.15, 0.2) is 0 Å². The van der Waals surface area contributed by atoms with E-state index in [1.807, 2.05) is 26.0 Å². The van der Waals surface area contributed by atoms with Crippen molar-refractivity contribution in [2.75, 3.05) is 6.61 Å². The van der Waals surface area contributed by atoms with Crippen LogP contribution in [0.5, 0.6) is 0 Å². The molecular weight excluding hydrogens is 313 g/mol. The minimum Gasteiger partial charge on any atom is -0.396 e. The van der Waals surface area contributed by atoms with E-state index in [0.29, 0.717) is 5.02 Å². The first-order chi connectivity index (χ1) is 6.88. The van der Waals surface area contributed by atoms with Crippen LogP contribution < -0.4 is 5.73 Å². The predicted molar refractivity (Wildman–Crippen MR) is 74.2 cm³/mol. The summed E-state index contributed by atoms with van der Waals surface area (Å²) in [4.78, 5) is 0. The van der Waals surface area contributed by atoms with Crippen molar-refractivity contribution in [3.8, 4) is 0 Å². The molecule has 0 aliphatic rings. The average Bonchev–Trinajstić information content (AvgIpc) is 2.20. The summed E-state index contributed by atoms with van der Waals surface area (Å²) in [5.41, 5.74) is 6.56. The van der Waals surface area contributed by atoms with Crippen LogP contribution in [0.2, 0.25) is 5.02 Å². The highest BCUT2D eigenvalue weighted by atomic mass is 79.9. The molecule has 0 aromatic heterocycles. The summed E-state index contributed by atoms with van der Waals surface area (Å²) >= 11 is 9.45. The number of nitrogens with two attached hydrogens (primary N) is 1. The number of aliphatic hydroxyl groups is 1. The zero-order valence-corrected chi connectivity index (χ0v) is 12.4. The van der Waals surface area contributed by atoms with Crippen molar-refractivity contribution < 1.29 is 5.11 Å². The van der Waals surface area contributed by atoms with E-state index in [0.717, 1.165) is 10.0 Å². The van der Waals surface area contributed by atoms with Gasteiger partial charge in [-0.2, -0.15) is 0 Å². The Morgan fingerprint density at radius 3 is 2.56 bits per heavy atom. The van der Waals surface area contributed by atoms with Crippen molar-refractivity contribution in [2.45, 2.75) is 19.9 Å². The summed E-state index contributed by atoms with van der Waals surface area (Å²) in [5.74, 6) is 0. The summed E-state index contributed by atoms with van der Waals surface area (Å²) in [6.45, 7) is 3.85. The number of benzene rings is 1. The first-order valence-electron chi connectivity index (χ1n) is 4.70. The molecule has 0 aliphatic heterocycles. The van der Waals surface area contributed by atoms with Crippen LogP contribution in [-0.2, 0) is 0 Å². The van der Waals surface area contributed by atoms with E-state index in [-0.39, 0.29) is 30.5 Å². The molecule has 0 heterocycles. The molecule has 1 aromatic carbocycles. The molecule has 0 fully saturated rings. The third kappa shape index (κ3) is 3.60. The summed E-state index contributed by atoms with van der Waals surface area (Å²) in [5, 5.41) is 9.88. The second-order valence-corrected chi connectivity index (χ2v) is 5.61. The zero-order chi connectivity index (χ0) is 11.6. The molecule has 0 bridgehead atoms. The van der Waals surface area contributed by atoms with Crippen molar-refractivity contribution in [2.24, 2.45) is 11.1 Å². The smallest absolute Gasteiger partial charge is 0.0500 e. The largest absolute Gasteiger partial charge is 0.396 e. The van der Waals surface area contributed by atoms with E-state index in [1.165, 1.54) is 0 Å². The van der Waals surface area contributed by atoms with E-state index in [2.05, 4.69) is 15.9 Å². The predicted octanol–water partition coefficient (Wildman–Crippen LogP) is 3.54. The molecule has 5 heteroatoms. The molecule has 0 aliphatic carbocycles. The van der Waals surface area contributed by atoms with Gasteiger partial charge in [-0.05, 0) is 23.8 Å². The van der Waals surface area contributed by atoms with E-state index in [9.17, 15) is 5.11 Å². The maximum absolute atomic E-state index is 9.25. The van der Waals surface area contributed by atoms with Crippen LogP contribution in [0.4, 0.5) is 0 Å². The van der Waals surface area contributed by atoms with Crippen LogP contribution in [0, 0.1) is 5.41 Å². The molecule has 0 spiro atoms. The van der Waals surface area contributed by atoms with Gasteiger partial charge in [0.2, 0.25) is 0 Å². The molecule has 1 atom stereocenters. The molecule has 0 saturated heterocycles. The van der Waals surface area contributed by atoms with E-state index >= 15 is 0 Å². The van der Waals surface area contributed by atoms with Crippen molar-refractivity contribution in [1.82, 2.24) is 0 Å². The third-order valence-corrected chi connectivity index (χ3v) is 3.38. The van der Waals surface area contributed by atoms with Gasteiger partial charge in [0, 0.05) is 27.6 Å². The Balaban J connectivity index is 0.00000225. The van der Waals surface area contributed by atoms with Gasteiger partial charge < -0.3 is 10.8 Å². The van der Waals surface area contributed by atoms with Gasteiger partial charge in [-0.1, -0.05) is 41.4 Å². The Bertz CT molecular complexity index is 358. The van der Waals surface area contributed by atoms with Gasteiger partial charge in [0.05, 0.1) is 0 Å². The van der Waals surface area contributed by atoms with Crippen molar-refractivity contribution in [3.05, 3.63) is 33.3 Å². The average molecular weight is 329 g/mol. The van der Waals surface area contributed by atoms with E-state index < -0.39 is 0 Å². The Kier molecular flexibility index (Phi) is 6.30. The third-order valence-electron chi connectivity index (χ3n) is 2.54. The summed E-state index contributed by atoms with van der Waals surface area (Å²) in [6.07, 6.45) is 0. The van der Waals surface area contributed by atoms with Crippen molar-refractivity contribution in [3.63, 3.8) is 0 Å². The Labute approximate surface area is 116 Å². The standard InChI is InChI=1S/C11H15BrClNO.ClH/c1-11(2,6-15)10(14)8-5-7(12)3-4-9(8)13;/h3-5,10,15H,6,14H2,1-2H3;1H/t10-;/m1./s1. The second-order valence-electron chi connectivity index (χ2n) is 4.29. The molecule has 0 radical (unpaired) electrons. The van der Waals surface area contributed by atoms with Crippen molar-refractivity contribution in [1.29, 1.82) is 0 Å². The monoisotopic (exact) mass is 327 g/mol. The molecule has 1 rings (SSSR count).